The second kappa shape index (κ2) is 10.7. The molecule has 0 spiro atoms. The summed E-state index contributed by atoms with van der Waals surface area (Å²) in [5, 5.41) is 0. The molecule has 0 saturated heterocycles. The van der Waals surface area contributed by atoms with Crippen LogP contribution in [0.4, 0.5) is 4.79 Å². The number of rotatable bonds is 7. The van der Waals surface area contributed by atoms with Crippen LogP contribution in [0.25, 0.3) is 12.2 Å². The fraction of sp³-hybridized carbons (Fsp3) is 0.300. The molecule has 4 heteroatoms. The van der Waals surface area contributed by atoms with Crippen molar-refractivity contribution in [2.75, 3.05) is 27.7 Å². The summed E-state index contributed by atoms with van der Waals surface area (Å²) in [7, 11) is 5.89. The zero-order valence-electron chi connectivity index (χ0n) is 20.6. The minimum Gasteiger partial charge on any atom is -0.410 e. The van der Waals surface area contributed by atoms with Crippen LogP contribution in [0.15, 0.2) is 72.8 Å². The predicted octanol–water partition coefficient (Wildman–Crippen LogP) is 6.84. The molecule has 1 amide bonds. The highest BCUT2D eigenvalue weighted by Crippen LogP contribution is 2.37. The average molecular weight is 455 g/mol. The van der Waals surface area contributed by atoms with E-state index < -0.39 is 0 Å². The monoisotopic (exact) mass is 454 g/mol. The van der Waals surface area contributed by atoms with Crippen molar-refractivity contribution in [1.29, 1.82) is 0 Å². The van der Waals surface area contributed by atoms with Crippen LogP contribution in [0, 0.1) is 0 Å². The molecular formula is C30H34N2O2. The lowest BCUT2D eigenvalue weighted by atomic mass is 9.84. The van der Waals surface area contributed by atoms with E-state index in [0.717, 1.165) is 18.4 Å². The minimum atomic E-state index is -0.321. The lowest BCUT2D eigenvalue weighted by Crippen LogP contribution is -2.31. The van der Waals surface area contributed by atoms with Crippen LogP contribution in [0.1, 0.15) is 59.5 Å². The van der Waals surface area contributed by atoms with Gasteiger partial charge in [0.2, 0.25) is 0 Å². The van der Waals surface area contributed by atoms with Gasteiger partial charge in [-0.1, -0.05) is 72.8 Å². The van der Waals surface area contributed by atoms with Crippen molar-refractivity contribution in [3.63, 3.8) is 0 Å². The highest BCUT2D eigenvalue weighted by molar-refractivity contribution is 5.76. The average Bonchev–Trinajstić information content (AvgIpc) is 3.01. The van der Waals surface area contributed by atoms with Crippen LogP contribution in [-0.2, 0) is 0 Å². The van der Waals surface area contributed by atoms with Crippen molar-refractivity contribution in [2.24, 2.45) is 0 Å². The van der Waals surface area contributed by atoms with E-state index >= 15 is 0 Å². The maximum Gasteiger partial charge on any atom is 0.414 e. The molecule has 0 unspecified atom stereocenters. The Hall–Kier alpha value is -3.37. The Morgan fingerprint density at radius 2 is 1.50 bits per heavy atom. The van der Waals surface area contributed by atoms with E-state index in [2.05, 4.69) is 78.6 Å². The number of hydrogen-bond donors (Lipinski definition) is 0. The lowest BCUT2D eigenvalue weighted by Gasteiger charge is -2.23. The third kappa shape index (κ3) is 5.40. The Morgan fingerprint density at radius 1 is 0.882 bits per heavy atom. The molecule has 3 aromatic rings. The summed E-state index contributed by atoms with van der Waals surface area (Å²) in [4.78, 5) is 16.6. The Kier molecular flexibility index (Phi) is 7.49. The normalized spacial score (nSPS) is 13.7. The van der Waals surface area contributed by atoms with Gasteiger partial charge in [0.05, 0.1) is 0 Å². The first-order valence-electron chi connectivity index (χ1n) is 12.0. The molecule has 0 saturated carbocycles. The third-order valence-corrected chi connectivity index (χ3v) is 6.80. The molecular weight excluding hydrogens is 420 g/mol. The molecule has 0 aromatic heterocycles. The number of carbonyl (C=O) groups is 1. The topological polar surface area (TPSA) is 32.8 Å². The standard InChI is InChI=1S/C30H34N2O2/c1-22(31(2)3)25-13-9-14-26(21-25)34-30(33)32(4)20-10-17-29-27-15-7-5-11-23(27)18-19-24-12-6-8-16-28(24)29/h5-9,11-16,18-19,21-22,29H,10,17,20H2,1-4H3/t22-/m0/s1. The summed E-state index contributed by atoms with van der Waals surface area (Å²) in [6.07, 6.45) is 5.95. The quantitative estimate of drug-likeness (QED) is 0.392. The van der Waals surface area contributed by atoms with E-state index in [4.69, 9.17) is 4.74 Å². The number of fused-ring (bicyclic) bond motifs is 2. The van der Waals surface area contributed by atoms with Crippen LogP contribution < -0.4 is 4.74 Å². The molecule has 4 nitrogen and oxygen atoms in total. The summed E-state index contributed by atoms with van der Waals surface area (Å²) in [5.74, 6) is 0.886. The van der Waals surface area contributed by atoms with E-state index in [1.807, 2.05) is 39.3 Å². The van der Waals surface area contributed by atoms with E-state index in [1.165, 1.54) is 22.3 Å². The van der Waals surface area contributed by atoms with Crippen LogP contribution in [-0.4, -0.2) is 43.6 Å². The fourth-order valence-electron chi connectivity index (χ4n) is 4.56. The molecule has 0 heterocycles. The number of hydrogen-bond acceptors (Lipinski definition) is 3. The predicted molar refractivity (Wildman–Crippen MR) is 140 cm³/mol. The van der Waals surface area contributed by atoms with Crippen molar-refractivity contribution in [3.8, 4) is 5.75 Å². The van der Waals surface area contributed by atoms with Gasteiger partial charge < -0.3 is 14.5 Å². The highest BCUT2D eigenvalue weighted by atomic mass is 16.6. The molecule has 176 valence electrons. The summed E-state index contributed by atoms with van der Waals surface area (Å²) in [6.45, 7) is 2.77. The molecule has 1 atom stereocenters. The van der Waals surface area contributed by atoms with Gasteiger partial charge in [-0.15, -0.1) is 0 Å². The fourth-order valence-corrected chi connectivity index (χ4v) is 4.56. The molecule has 1 aliphatic rings. The number of ether oxygens (including phenoxy) is 1. The minimum absolute atomic E-state index is 0.246. The maximum absolute atomic E-state index is 12.7. The Labute approximate surface area is 203 Å². The molecule has 0 radical (unpaired) electrons. The molecule has 0 bridgehead atoms. The maximum atomic E-state index is 12.7. The summed E-state index contributed by atoms with van der Waals surface area (Å²) < 4.78 is 5.68. The van der Waals surface area contributed by atoms with Gasteiger partial charge in [-0.3, -0.25) is 0 Å². The highest BCUT2D eigenvalue weighted by Gasteiger charge is 2.21. The van der Waals surface area contributed by atoms with E-state index in [1.54, 1.807) is 4.90 Å². The molecule has 0 N–H and O–H groups in total. The van der Waals surface area contributed by atoms with Gasteiger partial charge in [-0.05, 0) is 73.8 Å². The van der Waals surface area contributed by atoms with Gasteiger partial charge in [0.15, 0.2) is 0 Å². The van der Waals surface area contributed by atoms with Gasteiger partial charge in [0.1, 0.15) is 5.75 Å². The number of benzene rings is 3. The summed E-state index contributed by atoms with van der Waals surface area (Å²) in [6, 6.07) is 25.3. The molecule has 1 aliphatic carbocycles. The van der Waals surface area contributed by atoms with Gasteiger partial charge in [-0.2, -0.15) is 0 Å². The summed E-state index contributed by atoms with van der Waals surface area (Å²) >= 11 is 0. The number of amides is 1. The molecule has 34 heavy (non-hydrogen) atoms. The van der Waals surface area contributed by atoms with Crippen molar-refractivity contribution >= 4 is 18.2 Å². The van der Waals surface area contributed by atoms with E-state index in [9.17, 15) is 4.79 Å². The van der Waals surface area contributed by atoms with Crippen molar-refractivity contribution in [3.05, 3.63) is 101 Å². The first-order chi connectivity index (χ1) is 16.4. The number of nitrogens with zero attached hydrogens (tertiary/aromatic N) is 2. The molecule has 0 aliphatic heterocycles. The van der Waals surface area contributed by atoms with Crippen LogP contribution in [0.5, 0.6) is 5.75 Å². The van der Waals surface area contributed by atoms with Gasteiger partial charge in [0.25, 0.3) is 0 Å². The van der Waals surface area contributed by atoms with Crippen LogP contribution >= 0.6 is 0 Å². The zero-order chi connectivity index (χ0) is 24.1. The molecule has 4 rings (SSSR count). The first kappa shape index (κ1) is 23.8. The molecule has 0 fully saturated rings. The Morgan fingerprint density at radius 3 is 2.12 bits per heavy atom. The van der Waals surface area contributed by atoms with Gasteiger partial charge in [-0.25, -0.2) is 4.79 Å². The Balaban J connectivity index is 1.40. The smallest absolute Gasteiger partial charge is 0.410 e. The van der Waals surface area contributed by atoms with Crippen LogP contribution in [0.3, 0.4) is 0 Å². The van der Waals surface area contributed by atoms with Crippen LogP contribution in [0.2, 0.25) is 0 Å². The van der Waals surface area contributed by atoms with Gasteiger partial charge >= 0.3 is 6.09 Å². The summed E-state index contributed by atoms with van der Waals surface area (Å²) in [5.41, 5.74) is 6.35. The largest absolute Gasteiger partial charge is 0.414 e. The first-order valence-corrected chi connectivity index (χ1v) is 12.0. The molecule has 3 aromatic carbocycles. The van der Waals surface area contributed by atoms with Crippen molar-refractivity contribution < 1.29 is 9.53 Å². The van der Waals surface area contributed by atoms with E-state index in [0.29, 0.717) is 18.2 Å². The third-order valence-electron chi connectivity index (χ3n) is 6.80. The van der Waals surface area contributed by atoms with Gasteiger partial charge in [0, 0.05) is 25.6 Å². The van der Waals surface area contributed by atoms with Crippen molar-refractivity contribution in [1.82, 2.24) is 9.80 Å². The second-order valence-electron chi connectivity index (χ2n) is 9.29. The van der Waals surface area contributed by atoms with E-state index in [-0.39, 0.29) is 12.1 Å². The SMILES string of the molecule is C[C@@H](c1cccc(OC(=O)N(C)CCCC2c3ccccc3C=Cc3ccccc32)c1)N(C)C. The number of carbonyl (C=O) groups excluding carboxylic acids is 1. The zero-order valence-corrected chi connectivity index (χ0v) is 20.6. The second-order valence-corrected chi connectivity index (χ2v) is 9.29. The Bertz CT molecular complexity index is 1120. The van der Waals surface area contributed by atoms with Crippen molar-refractivity contribution in [2.45, 2.75) is 31.7 Å². The lowest BCUT2D eigenvalue weighted by molar-refractivity contribution is 0.162.